The molecular formula is C12H17NO2. The van der Waals surface area contributed by atoms with Gasteiger partial charge in [0, 0.05) is 12.9 Å². The molecule has 2 rings (SSSR count). The van der Waals surface area contributed by atoms with Gasteiger partial charge in [-0.25, -0.2) is 0 Å². The molecule has 3 nitrogen and oxygen atoms in total. The van der Waals surface area contributed by atoms with Crippen LogP contribution in [0.5, 0.6) is 11.5 Å². The lowest BCUT2D eigenvalue weighted by Gasteiger charge is -2.12. The molecule has 0 radical (unpaired) electrons. The average molecular weight is 214 g/mol. The van der Waals surface area contributed by atoms with E-state index in [-0.39, 0.29) is 5.75 Å². The van der Waals surface area contributed by atoms with Crippen molar-refractivity contribution in [1.29, 1.82) is 0 Å². The van der Waals surface area contributed by atoms with Crippen molar-refractivity contribution in [3.63, 3.8) is 0 Å². The number of fused-ring (bicyclic) bond motifs is 1. The summed E-state index contributed by atoms with van der Waals surface area (Å²) < 4.78 is 61.3. The van der Waals surface area contributed by atoms with Gasteiger partial charge < -0.3 is 14.8 Å². The Bertz CT molecular complexity index is 559. The van der Waals surface area contributed by atoms with Crippen LogP contribution in [-0.2, 0) is 6.42 Å². The molecule has 1 aromatic rings. The second kappa shape index (κ2) is 4.53. The van der Waals surface area contributed by atoms with E-state index in [9.17, 15) is 0 Å². The third kappa shape index (κ3) is 2.42. The molecule has 0 saturated heterocycles. The highest BCUT2D eigenvalue weighted by Gasteiger charge is 2.13. The summed E-state index contributed by atoms with van der Waals surface area (Å²) >= 11 is 0. The smallest absolute Gasteiger partial charge is 0.231 e. The van der Waals surface area contributed by atoms with Gasteiger partial charge in [0.25, 0.3) is 0 Å². The van der Waals surface area contributed by atoms with Crippen LogP contribution < -0.4 is 14.8 Å². The fourth-order valence-electron chi connectivity index (χ4n) is 1.48. The van der Waals surface area contributed by atoms with Gasteiger partial charge in [0.15, 0.2) is 11.5 Å². The van der Waals surface area contributed by atoms with Gasteiger partial charge in [0.05, 0.1) is 0 Å². The second-order valence-corrected chi connectivity index (χ2v) is 3.44. The van der Waals surface area contributed by atoms with Crippen molar-refractivity contribution in [3.8, 4) is 11.5 Å². The molecule has 0 amide bonds. The lowest BCUT2D eigenvalue weighted by Crippen LogP contribution is -2.27. The van der Waals surface area contributed by atoms with Gasteiger partial charge in [0.1, 0.15) is 2.74 Å². The lowest BCUT2D eigenvalue weighted by molar-refractivity contribution is 0.174. The minimum absolute atomic E-state index is 0.272. The highest BCUT2D eigenvalue weighted by molar-refractivity contribution is 5.44. The standard InChI is InChI=1S/C12H17NO2/c1-3-13-9(2)6-10-4-5-11-12(7-10)15-8-14-11/h4-5,7,9,13H,3,6,8H2,1-2H3/t9-/m1/s1/i1D3,3D2,8D2. The van der Waals surface area contributed by atoms with Gasteiger partial charge in [-0.2, -0.15) is 0 Å². The molecule has 0 aromatic heterocycles. The Labute approximate surface area is 100 Å². The SMILES string of the molecule is [2H]C1([2H])Oc2ccc(C[C@@H](C)NC([2H])([2H])C([2H])([2H])[2H])cc2O1. The summed E-state index contributed by atoms with van der Waals surface area (Å²) in [5, 5.41) is 2.45. The van der Waals surface area contributed by atoms with Crippen molar-refractivity contribution in [2.75, 3.05) is 13.2 Å². The maximum atomic E-state index is 7.55. The van der Waals surface area contributed by atoms with E-state index in [0.717, 1.165) is 5.56 Å². The van der Waals surface area contributed by atoms with Crippen molar-refractivity contribution in [1.82, 2.24) is 5.32 Å². The first kappa shape index (κ1) is 4.74. The molecule has 1 aliphatic heterocycles. The van der Waals surface area contributed by atoms with E-state index >= 15 is 0 Å². The Balaban J connectivity index is 2.04. The van der Waals surface area contributed by atoms with Crippen molar-refractivity contribution < 1.29 is 19.1 Å². The van der Waals surface area contributed by atoms with Crippen LogP contribution in [0.4, 0.5) is 0 Å². The van der Waals surface area contributed by atoms with Crippen LogP contribution in [-0.4, -0.2) is 19.3 Å². The Morgan fingerprint density at radius 3 is 3.33 bits per heavy atom. The highest BCUT2D eigenvalue weighted by Crippen LogP contribution is 2.32. The van der Waals surface area contributed by atoms with E-state index in [1.54, 1.807) is 25.1 Å². The number of rotatable bonds is 4. The summed E-state index contributed by atoms with van der Waals surface area (Å²) in [6.45, 7) is -5.76. The van der Waals surface area contributed by atoms with Crippen LogP contribution in [0.25, 0.3) is 0 Å². The summed E-state index contributed by atoms with van der Waals surface area (Å²) in [7, 11) is 0. The molecule has 0 saturated carbocycles. The first-order chi connectivity index (χ1) is 9.90. The molecular weight excluding hydrogens is 190 g/mol. The number of nitrogens with one attached hydrogen (secondary N) is 1. The van der Waals surface area contributed by atoms with Crippen LogP contribution in [0.2, 0.25) is 0 Å². The molecule has 3 heteroatoms. The molecule has 1 heterocycles. The van der Waals surface area contributed by atoms with Gasteiger partial charge in [-0.3, -0.25) is 0 Å². The van der Waals surface area contributed by atoms with Crippen molar-refractivity contribution in [3.05, 3.63) is 23.8 Å². The van der Waals surface area contributed by atoms with Crippen molar-refractivity contribution in [2.24, 2.45) is 0 Å². The van der Waals surface area contributed by atoms with Gasteiger partial charge in [-0.15, -0.1) is 0 Å². The molecule has 0 aliphatic carbocycles. The Morgan fingerprint density at radius 1 is 1.60 bits per heavy atom. The maximum absolute atomic E-state index is 7.55. The fraction of sp³-hybridized carbons (Fsp3) is 0.500. The first-order valence-corrected chi connectivity index (χ1v) is 4.68. The number of benzene rings is 1. The number of hydrogen-bond acceptors (Lipinski definition) is 3. The summed E-state index contributed by atoms with van der Waals surface area (Å²) in [6, 6.07) is 4.43. The zero-order valence-electron chi connectivity index (χ0n) is 15.3. The summed E-state index contributed by atoms with van der Waals surface area (Å²) in [6.07, 6.45) is 0.356. The Kier molecular flexibility index (Phi) is 1.43. The molecule has 1 aliphatic rings. The molecule has 1 N–H and O–H groups in total. The first-order valence-electron chi connectivity index (χ1n) is 8.18. The third-order valence-electron chi connectivity index (χ3n) is 2.17. The maximum Gasteiger partial charge on any atom is 0.231 e. The van der Waals surface area contributed by atoms with Gasteiger partial charge in [0.2, 0.25) is 6.75 Å². The van der Waals surface area contributed by atoms with E-state index in [2.05, 4.69) is 5.32 Å². The van der Waals surface area contributed by atoms with Crippen LogP contribution in [0.15, 0.2) is 18.2 Å². The fourth-order valence-corrected chi connectivity index (χ4v) is 1.48. The molecule has 1 aromatic carbocycles. The second-order valence-electron chi connectivity index (χ2n) is 3.44. The minimum Gasteiger partial charge on any atom is -0.454 e. The Morgan fingerprint density at radius 2 is 2.47 bits per heavy atom. The quantitative estimate of drug-likeness (QED) is 0.831. The molecule has 82 valence electrons. The van der Waals surface area contributed by atoms with E-state index in [4.69, 9.17) is 19.1 Å². The van der Waals surface area contributed by atoms with E-state index in [0.29, 0.717) is 12.2 Å². The molecule has 0 fully saturated rings. The number of hydrogen-bond donors (Lipinski definition) is 1. The van der Waals surface area contributed by atoms with E-state index in [1.807, 2.05) is 0 Å². The molecule has 0 bridgehead atoms. The predicted octanol–water partition coefficient (Wildman–Crippen LogP) is 1.96. The predicted molar refractivity (Wildman–Crippen MR) is 59.4 cm³/mol. The van der Waals surface area contributed by atoms with Crippen LogP contribution in [0.3, 0.4) is 0 Å². The number of likely N-dealkylation sites (N-methyl/N-ethyl adjacent to an activating group) is 1. The lowest BCUT2D eigenvalue weighted by atomic mass is 10.1. The molecule has 0 spiro atoms. The monoisotopic (exact) mass is 214 g/mol. The van der Waals surface area contributed by atoms with Gasteiger partial charge in [-0.05, 0) is 37.5 Å². The van der Waals surface area contributed by atoms with E-state index in [1.165, 1.54) is 0 Å². The van der Waals surface area contributed by atoms with Crippen molar-refractivity contribution >= 4 is 0 Å². The van der Waals surface area contributed by atoms with Crippen LogP contribution >= 0.6 is 0 Å². The summed E-state index contributed by atoms with van der Waals surface area (Å²) in [5.74, 6) is 0.570. The molecule has 0 unspecified atom stereocenters. The molecule has 15 heavy (non-hydrogen) atoms. The zero-order chi connectivity index (χ0) is 16.8. The van der Waals surface area contributed by atoms with Gasteiger partial charge >= 0.3 is 0 Å². The largest absolute Gasteiger partial charge is 0.454 e. The van der Waals surface area contributed by atoms with E-state index < -0.39 is 26.1 Å². The summed E-state index contributed by atoms with van der Waals surface area (Å²) in [4.78, 5) is 0. The molecule has 1 atom stereocenters. The highest BCUT2D eigenvalue weighted by atomic mass is 16.7. The van der Waals surface area contributed by atoms with Crippen LogP contribution in [0.1, 0.15) is 28.9 Å². The average Bonchev–Trinajstić information content (AvgIpc) is 2.59. The minimum atomic E-state index is -2.76. The third-order valence-corrected chi connectivity index (χ3v) is 2.17. The van der Waals surface area contributed by atoms with Gasteiger partial charge in [-0.1, -0.05) is 12.9 Å². The number of ether oxygens (including phenoxy) is 2. The van der Waals surface area contributed by atoms with Crippen LogP contribution in [0, 0.1) is 0 Å². The normalized spacial score (nSPS) is 27.4. The zero-order valence-corrected chi connectivity index (χ0v) is 8.33. The topological polar surface area (TPSA) is 30.5 Å². The Hall–Kier alpha value is -1.22. The van der Waals surface area contributed by atoms with Crippen molar-refractivity contribution in [2.45, 2.75) is 26.2 Å². The summed E-state index contributed by atoms with van der Waals surface area (Å²) in [5.41, 5.74) is 0.751.